The van der Waals surface area contributed by atoms with Gasteiger partial charge in [0.1, 0.15) is 12.6 Å². The van der Waals surface area contributed by atoms with Crippen LogP contribution in [0.4, 0.5) is 5.69 Å². The third-order valence-corrected chi connectivity index (χ3v) is 10.8. The van der Waals surface area contributed by atoms with Crippen molar-refractivity contribution in [1.29, 1.82) is 0 Å². The van der Waals surface area contributed by atoms with E-state index in [0.29, 0.717) is 5.02 Å². The summed E-state index contributed by atoms with van der Waals surface area (Å²) < 4.78 is 29.4. The van der Waals surface area contributed by atoms with Crippen LogP contribution < -0.4 is 9.62 Å². The molecule has 0 spiro atoms. The molecule has 10 heteroatoms. The molecule has 246 valence electrons. The number of nitrogens with zero attached hydrogens (tertiary/aromatic N) is 2. The van der Waals surface area contributed by atoms with Crippen LogP contribution >= 0.6 is 23.2 Å². The Balaban J connectivity index is 1.58. The van der Waals surface area contributed by atoms with Crippen molar-refractivity contribution in [3.05, 3.63) is 130 Å². The number of anilines is 1. The van der Waals surface area contributed by atoms with Crippen LogP contribution in [0.3, 0.4) is 0 Å². The summed E-state index contributed by atoms with van der Waals surface area (Å²) in [7, 11) is -4.27. The second-order valence-corrected chi connectivity index (χ2v) is 14.7. The molecule has 2 amide bonds. The van der Waals surface area contributed by atoms with E-state index in [2.05, 4.69) is 5.32 Å². The average Bonchev–Trinajstić information content (AvgIpc) is 3.07. The molecule has 0 saturated heterocycles. The lowest BCUT2D eigenvalue weighted by Gasteiger charge is -2.35. The number of carbonyl (C=O) groups excluding carboxylic acids is 2. The molecule has 0 radical (unpaired) electrons. The summed E-state index contributed by atoms with van der Waals surface area (Å²) >= 11 is 12.8. The van der Waals surface area contributed by atoms with Crippen molar-refractivity contribution in [2.75, 3.05) is 10.8 Å². The Labute approximate surface area is 287 Å². The molecule has 4 aromatic carbocycles. The largest absolute Gasteiger partial charge is 0.352 e. The van der Waals surface area contributed by atoms with Gasteiger partial charge in [-0.3, -0.25) is 13.9 Å². The minimum atomic E-state index is -4.27. The number of hydrogen-bond donors (Lipinski definition) is 1. The Bertz CT molecular complexity index is 1780. The fraction of sp³-hybridized carbons (Fsp3) is 0.297. The van der Waals surface area contributed by atoms with Crippen LogP contribution in [0.2, 0.25) is 10.0 Å². The zero-order valence-electron chi connectivity index (χ0n) is 26.3. The number of rotatable bonds is 12. The highest BCUT2D eigenvalue weighted by Gasteiger charge is 2.36. The molecule has 1 fully saturated rings. The molecule has 47 heavy (non-hydrogen) atoms. The van der Waals surface area contributed by atoms with Crippen molar-refractivity contribution in [3.63, 3.8) is 0 Å². The topological polar surface area (TPSA) is 86.8 Å². The fourth-order valence-corrected chi connectivity index (χ4v) is 8.04. The lowest BCUT2D eigenvalue weighted by Crippen LogP contribution is -2.55. The summed E-state index contributed by atoms with van der Waals surface area (Å²) in [6.07, 6.45) is 5.23. The standard InChI is InChI=1S/C37H39Cl2N3O4S/c1-27-12-11-15-29(22-27)25-41(35(23-28-13-5-2-6-14-28)37(44)40-31-16-7-3-8-17-31)36(43)26-42(34-21-20-30(38)24-33(34)39)47(45,46)32-18-9-4-10-19-32/h2,4-6,9-15,18-22,24,31,35H,3,7-8,16-17,23,25-26H2,1H3,(H,40,44)/t35-/m1/s1. The molecule has 0 aliphatic heterocycles. The van der Waals surface area contributed by atoms with Crippen LogP contribution in [0, 0.1) is 6.92 Å². The van der Waals surface area contributed by atoms with Crippen LogP contribution in [-0.2, 0) is 32.6 Å². The summed E-state index contributed by atoms with van der Waals surface area (Å²) in [6.45, 7) is 1.47. The van der Waals surface area contributed by atoms with Crippen molar-refractivity contribution in [2.45, 2.75) is 69.0 Å². The predicted molar refractivity (Wildman–Crippen MR) is 188 cm³/mol. The van der Waals surface area contributed by atoms with Crippen molar-refractivity contribution in [1.82, 2.24) is 10.2 Å². The third-order valence-electron chi connectivity index (χ3n) is 8.45. The molecular formula is C37H39Cl2N3O4S. The number of carbonyl (C=O) groups is 2. The van der Waals surface area contributed by atoms with Crippen LogP contribution in [0.5, 0.6) is 0 Å². The van der Waals surface area contributed by atoms with Gasteiger partial charge in [0.15, 0.2) is 0 Å². The van der Waals surface area contributed by atoms with E-state index in [1.54, 1.807) is 18.2 Å². The van der Waals surface area contributed by atoms with Crippen LogP contribution in [0.25, 0.3) is 0 Å². The number of amides is 2. The number of halogens is 2. The number of sulfonamides is 1. The molecule has 5 rings (SSSR count). The van der Waals surface area contributed by atoms with Gasteiger partial charge in [0.05, 0.1) is 15.6 Å². The number of nitrogens with one attached hydrogen (secondary N) is 1. The zero-order valence-corrected chi connectivity index (χ0v) is 28.6. The Morgan fingerprint density at radius 2 is 1.49 bits per heavy atom. The summed E-state index contributed by atoms with van der Waals surface area (Å²) in [5.74, 6) is -0.805. The molecular weight excluding hydrogens is 653 g/mol. The van der Waals surface area contributed by atoms with Gasteiger partial charge >= 0.3 is 0 Å². The molecule has 0 unspecified atom stereocenters. The highest BCUT2D eigenvalue weighted by molar-refractivity contribution is 7.92. The van der Waals surface area contributed by atoms with Crippen molar-refractivity contribution >= 4 is 50.7 Å². The Morgan fingerprint density at radius 1 is 0.830 bits per heavy atom. The second-order valence-electron chi connectivity index (χ2n) is 12.0. The van der Waals surface area contributed by atoms with E-state index >= 15 is 0 Å². The smallest absolute Gasteiger partial charge is 0.264 e. The molecule has 0 heterocycles. The lowest BCUT2D eigenvalue weighted by molar-refractivity contribution is -0.140. The maximum absolute atomic E-state index is 14.7. The van der Waals surface area contributed by atoms with Gasteiger partial charge in [-0.1, -0.05) is 121 Å². The van der Waals surface area contributed by atoms with Crippen LogP contribution in [0.15, 0.2) is 108 Å². The number of aryl methyl sites for hydroxylation is 1. The zero-order chi connectivity index (χ0) is 33.4. The number of benzene rings is 4. The summed E-state index contributed by atoms with van der Waals surface area (Å²) in [5, 5.41) is 3.63. The summed E-state index contributed by atoms with van der Waals surface area (Å²) in [6, 6.07) is 28.7. The Morgan fingerprint density at radius 3 is 2.15 bits per heavy atom. The summed E-state index contributed by atoms with van der Waals surface area (Å²) in [5.41, 5.74) is 2.81. The lowest BCUT2D eigenvalue weighted by atomic mass is 9.94. The minimum Gasteiger partial charge on any atom is -0.352 e. The maximum Gasteiger partial charge on any atom is 0.264 e. The molecule has 1 N–H and O–H groups in total. The van der Waals surface area contributed by atoms with Crippen molar-refractivity contribution in [2.24, 2.45) is 0 Å². The third kappa shape index (κ3) is 8.95. The Hall–Kier alpha value is -3.85. The first-order chi connectivity index (χ1) is 22.6. The minimum absolute atomic E-state index is 0.0000667. The number of hydrogen-bond acceptors (Lipinski definition) is 4. The fourth-order valence-electron chi connectivity index (χ4n) is 6.02. The second kappa shape index (κ2) is 15.8. The van der Waals surface area contributed by atoms with E-state index in [1.807, 2.05) is 61.5 Å². The molecule has 1 atom stereocenters. The predicted octanol–water partition coefficient (Wildman–Crippen LogP) is 7.59. The highest BCUT2D eigenvalue weighted by atomic mass is 35.5. The molecule has 1 aliphatic rings. The van der Waals surface area contributed by atoms with Crippen LogP contribution in [-0.4, -0.2) is 43.8 Å². The molecule has 1 saturated carbocycles. The average molecular weight is 693 g/mol. The van der Waals surface area contributed by atoms with Gasteiger partial charge in [0.2, 0.25) is 11.8 Å². The van der Waals surface area contributed by atoms with Crippen molar-refractivity contribution < 1.29 is 18.0 Å². The molecule has 7 nitrogen and oxygen atoms in total. The van der Waals surface area contributed by atoms with Gasteiger partial charge in [-0.15, -0.1) is 0 Å². The van der Waals surface area contributed by atoms with E-state index in [0.717, 1.165) is 53.1 Å². The van der Waals surface area contributed by atoms with Crippen molar-refractivity contribution in [3.8, 4) is 0 Å². The van der Waals surface area contributed by atoms with Gasteiger partial charge in [-0.25, -0.2) is 8.42 Å². The van der Waals surface area contributed by atoms with Gasteiger partial charge in [-0.2, -0.15) is 0 Å². The Kier molecular flexibility index (Phi) is 11.6. The van der Waals surface area contributed by atoms with Gasteiger partial charge in [0, 0.05) is 24.0 Å². The maximum atomic E-state index is 14.7. The molecule has 4 aromatic rings. The SMILES string of the molecule is Cc1cccc(CN(C(=O)CN(c2ccc(Cl)cc2Cl)S(=O)(=O)c2ccccc2)[C@H](Cc2ccccc2)C(=O)NC2CCCCC2)c1. The first-order valence-corrected chi connectivity index (χ1v) is 18.0. The van der Waals surface area contributed by atoms with E-state index in [-0.39, 0.29) is 40.5 Å². The molecule has 1 aliphatic carbocycles. The van der Waals surface area contributed by atoms with Gasteiger partial charge in [0.25, 0.3) is 10.0 Å². The van der Waals surface area contributed by atoms with E-state index in [1.165, 1.54) is 35.2 Å². The quantitative estimate of drug-likeness (QED) is 0.166. The highest BCUT2D eigenvalue weighted by Crippen LogP contribution is 2.33. The molecule has 0 aromatic heterocycles. The van der Waals surface area contributed by atoms with E-state index < -0.39 is 28.5 Å². The van der Waals surface area contributed by atoms with Gasteiger partial charge < -0.3 is 10.2 Å². The summed E-state index contributed by atoms with van der Waals surface area (Å²) in [4.78, 5) is 30.4. The van der Waals surface area contributed by atoms with E-state index in [4.69, 9.17) is 23.2 Å². The van der Waals surface area contributed by atoms with Gasteiger partial charge in [-0.05, 0) is 61.2 Å². The monoisotopic (exact) mass is 691 g/mol. The van der Waals surface area contributed by atoms with E-state index in [9.17, 15) is 18.0 Å². The molecule has 0 bridgehead atoms. The normalized spacial score (nSPS) is 14.3. The van der Waals surface area contributed by atoms with Crippen LogP contribution in [0.1, 0.15) is 48.8 Å². The first kappa shape index (κ1) is 34.5. The first-order valence-electron chi connectivity index (χ1n) is 15.8.